The molecule has 1 aliphatic heterocycles. The smallest absolute Gasteiger partial charge is 0.315 e. The van der Waals surface area contributed by atoms with Crippen LogP contribution in [0.3, 0.4) is 0 Å². The second kappa shape index (κ2) is 7.09. The average molecular weight is 316 g/mol. The molecule has 1 aromatic heterocycles. The maximum Gasteiger partial charge on any atom is 0.315 e. The summed E-state index contributed by atoms with van der Waals surface area (Å²) in [6, 6.07) is 9.18. The maximum atomic E-state index is 11.9. The van der Waals surface area contributed by atoms with Gasteiger partial charge in [-0.25, -0.2) is 4.79 Å². The fraction of sp³-hybridized carbons (Fsp3) is 0.353. The van der Waals surface area contributed by atoms with Gasteiger partial charge in [0.1, 0.15) is 19.0 Å². The normalized spacial score (nSPS) is 14.1. The Morgan fingerprint density at radius 1 is 1.22 bits per heavy atom. The number of hydrogen-bond acceptors (Lipinski definition) is 4. The first-order valence-electron chi connectivity index (χ1n) is 7.66. The lowest BCUT2D eigenvalue weighted by molar-refractivity contribution is 0.171. The predicted octanol–water partition coefficient (Wildman–Crippen LogP) is 2.48. The van der Waals surface area contributed by atoms with E-state index in [2.05, 4.69) is 10.6 Å². The van der Waals surface area contributed by atoms with Gasteiger partial charge in [-0.15, -0.1) is 0 Å². The molecule has 1 aliphatic rings. The number of carbonyl (C=O) groups is 1. The molecule has 6 heteroatoms. The van der Waals surface area contributed by atoms with Crippen LogP contribution in [0.1, 0.15) is 18.2 Å². The number of hydrogen-bond donors (Lipinski definition) is 2. The van der Waals surface area contributed by atoms with E-state index in [0.717, 1.165) is 22.8 Å². The molecular formula is C17H20N2O4. The molecule has 0 saturated carbocycles. The zero-order valence-electron chi connectivity index (χ0n) is 13.0. The topological polar surface area (TPSA) is 72.7 Å². The van der Waals surface area contributed by atoms with Crippen molar-refractivity contribution in [1.82, 2.24) is 10.6 Å². The van der Waals surface area contributed by atoms with Crippen LogP contribution in [0.25, 0.3) is 0 Å². The molecular weight excluding hydrogens is 296 g/mol. The second-order valence-corrected chi connectivity index (χ2v) is 5.49. The Balaban J connectivity index is 1.47. The summed E-state index contributed by atoms with van der Waals surface area (Å²) < 4.78 is 16.3. The minimum atomic E-state index is -0.209. The van der Waals surface area contributed by atoms with Gasteiger partial charge in [-0.05, 0) is 36.8 Å². The molecule has 6 nitrogen and oxygen atoms in total. The maximum absolute atomic E-state index is 11.9. The molecule has 2 N–H and O–H groups in total. The highest BCUT2D eigenvalue weighted by molar-refractivity contribution is 5.74. The van der Waals surface area contributed by atoms with Crippen LogP contribution in [0.15, 0.2) is 41.0 Å². The molecule has 2 aromatic rings. The lowest BCUT2D eigenvalue weighted by Gasteiger charge is -2.19. The molecule has 122 valence electrons. The molecule has 0 spiro atoms. The van der Waals surface area contributed by atoms with Crippen molar-refractivity contribution < 1.29 is 18.7 Å². The molecule has 0 aliphatic carbocycles. The first-order valence-corrected chi connectivity index (χ1v) is 7.66. The molecule has 2 heterocycles. The highest BCUT2D eigenvalue weighted by atomic mass is 16.6. The zero-order chi connectivity index (χ0) is 16.1. The van der Waals surface area contributed by atoms with Gasteiger partial charge in [0, 0.05) is 19.0 Å². The average Bonchev–Trinajstić information content (AvgIpc) is 3.05. The number of amides is 2. The number of ether oxygens (including phenoxy) is 2. The quantitative estimate of drug-likeness (QED) is 0.889. The molecule has 1 atom stereocenters. The van der Waals surface area contributed by atoms with Crippen molar-refractivity contribution in [2.24, 2.45) is 0 Å². The van der Waals surface area contributed by atoms with E-state index in [0.29, 0.717) is 26.2 Å². The number of urea groups is 1. The molecule has 0 fully saturated rings. The Hall–Kier alpha value is -2.63. The van der Waals surface area contributed by atoms with Crippen molar-refractivity contribution in [3.8, 4) is 11.5 Å². The van der Waals surface area contributed by atoms with Crippen molar-refractivity contribution >= 4 is 6.03 Å². The van der Waals surface area contributed by atoms with Gasteiger partial charge >= 0.3 is 6.03 Å². The highest BCUT2D eigenvalue weighted by Gasteiger charge is 2.13. The van der Waals surface area contributed by atoms with Gasteiger partial charge in [0.25, 0.3) is 0 Å². The van der Waals surface area contributed by atoms with Crippen LogP contribution in [0.2, 0.25) is 0 Å². The Morgan fingerprint density at radius 3 is 2.83 bits per heavy atom. The number of furan rings is 1. The van der Waals surface area contributed by atoms with Crippen LogP contribution >= 0.6 is 0 Å². The van der Waals surface area contributed by atoms with Gasteiger partial charge in [-0.2, -0.15) is 0 Å². The SMILES string of the molecule is C[C@H](Cc1ccco1)NC(=O)NCc1ccc2c(c1)OCCO2. The Labute approximate surface area is 134 Å². The largest absolute Gasteiger partial charge is 0.486 e. The second-order valence-electron chi connectivity index (χ2n) is 5.49. The summed E-state index contributed by atoms with van der Waals surface area (Å²) in [5.74, 6) is 2.32. The highest BCUT2D eigenvalue weighted by Crippen LogP contribution is 2.30. The zero-order valence-corrected chi connectivity index (χ0v) is 13.0. The Bertz CT molecular complexity index is 655. The van der Waals surface area contributed by atoms with E-state index in [-0.39, 0.29) is 12.1 Å². The van der Waals surface area contributed by atoms with E-state index in [1.807, 2.05) is 37.3 Å². The van der Waals surface area contributed by atoms with Crippen molar-refractivity contribution in [1.29, 1.82) is 0 Å². The molecule has 2 amide bonds. The van der Waals surface area contributed by atoms with Gasteiger partial charge in [0.2, 0.25) is 0 Å². The molecule has 3 rings (SSSR count). The van der Waals surface area contributed by atoms with Gasteiger partial charge in [-0.1, -0.05) is 6.07 Å². The first kappa shape index (κ1) is 15.3. The number of benzene rings is 1. The first-order chi connectivity index (χ1) is 11.2. The van der Waals surface area contributed by atoms with Gasteiger partial charge in [0.05, 0.1) is 6.26 Å². The number of rotatable bonds is 5. The third-order valence-corrected chi connectivity index (χ3v) is 3.52. The lowest BCUT2D eigenvalue weighted by Crippen LogP contribution is -2.41. The molecule has 23 heavy (non-hydrogen) atoms. The summed E-state index contributed by atoms with van der Waals surface area (Å²) >= 11 is 0. The van der Waals surface area contributed by atoms with Crippen LogP contribution in [-0.2, 0) is 13.0 Å². The minimum absolute atomic E-state index is 0.0126. The monoisotopic (exact) mass is 316 g/mol. The summed E-state index contributed by atoms with van der Waals surface area (Å²) in [6.45, 7) is 3.48. The van der Waals surface area contributed by atoms with Crippen LogP contribution in [0.4, 0.5) is 4.79 Å². The molecule has 0 unspecified atom stereocenters. The summed E-state index contributed by atoms with van der Waals surface area (Å²) in [5, 5.41) is 5.72. The van der Waals surface area contributed by atoms with Crippen molar-refractivity contribution in [2.75, 3.05) is 13.2 Å². The third-order valence-electron chi connectivity index (χ3n) is 3.52. The van der Waals surface area contributed by atoms with E-state index in [1.165, 1.54) is 0 Å². The molecule has 0 radical (unpaired) electrons. The van der Waals surface area contributed by atoms with Crippen molar-refractivity contribution in [3.05, 3.63) is 47.9 Å². The summed E-state index contributed by atoms with van der Waals surface area (Å²) in [6.07, 6.45) is 2.29. The van der Waals surface area contributed by atoms with Crippen molar-refractivity contribution in [2.45, 2.75) is 25.9 Å². The lowest BCUT2D eigenvalue weighted by atomic mass is 10.2. The Kier molecular flexibility index (Phi) is 4.71. The van der Waals surface area contributed by atoms with E-state index in [4.69, 9.17) is 13.9 Å². The van der Waals surface area contributed by atoms with E-state index in [1.54, 1.807) is 6.26 Å². The van der Waals surface area contributed by atoms with Crippen LogP contribution < -0.4 is 20.1 Å². The summed E-state index contributed by atoms with van der Waals surface area (Å²) in [4.78, 5) is 11.9. The van der Waals surface area contributed by atoms with Crippen LogP contribution in [0, 0.1) is 0 Å². The van der Waals surface area contributed by atoms with Gasteiger partial charge in [0.15, 0.2) is 11.5 Å². The molecule has 0 bridgehead atoms. The standard InChI is InChI=1S/C17H20N2O4/c1-12(9-14-3-2-6-21-14)19-17(20)18-11-13-4-5-15-16(10-13)23-8-7-22-15/h2-6,10,12H,7-9,11H2,1H3,(H2,18,19,20)/t12-/m1/s1. The summed E-state index contributed by atoms with van der Waals surface area (Å²) in [5.41, 5.74) is 0.961. The van der Waals surface area contributed by atoms with Gasteiger partial charge < -0.3 is 24.5 Å². The van der Waals surface area contributed by atoms with Crippen molar-refractivity contribution in [3.63, 3.8) is 0 Å². The number of nitrogens with one attached hydrogen (secondary N) is 2. The number of carbonyl (C=O) groups excluding carboxylic acids is 1. The van der Waals surface area contributed by atoms with E-state index >= 15 is 0 Å². The molecule has 0 saturated heterocycles. The fourth-order valence-corrected chi connectivity index (χ4v) is 2.44. The third kappa shape index (κ3) is 4.18. The van der Waals surface area contributed by atoms with Crippen LogP contribution in [-0.4, -0.2) is 25.3 Å². The number of fused-ring (bicyclic) bond motifs is 1. The van der Waals surface area contributed by atoms with E-state index in [9.17, 15) is 4.79 Å². The van der Waals surface area contributed by atoms with Gasteiger partial charge in [-0.3, -0.25) is 0 Å². The minimum Gasteiger partial charge on any atom is -0.486 e. The molecule has 1 aromatic carbocycles. The van der Waals surface area contributed by atoms with Crippen LogP contribution in [0.5, 0.6) is 11.5 Å². The summed E-state index contributed by atoms with van der Waals surface area (Å²) in [7, 11) is 0. The predicted molar refractivity (Wildman–Crippen MR) is 84.7 cm³/mol. The van der Waals surface area contributed by atoms with E-state index < -0.39 is 0 Å². The Morgan fingerprint density at radius 2 is 2.04 bits per heavy atom. The fourth-order valence-electron chi connectivity index (χ4n) is 2.44.